The van der Waals surface area contributed by atoms with E-state index in [9.17, 15) is 14.4 Å². The first kappa shape index (κ1) is 20.1. The molecule has 0 bridgehead atoms. The van der Waals surface area contributed by atoms with Crippen molar-refractivity contribution in [2.24, 2.45) is 10.3 Å². The SMILES string of the molecule is COc1ccc(Cl)cc1NC(=O)CN1N=NC2C(=O)N(c3cccc(Cl)c3)C(=O)C21. The largest absolute Gasteiger partial charge is 0.495 e. The molecular formula is C19H15Cl2N5O4. The van der Waals surface area contributed by atoms with E-state index in [2.05, 4.69) is 15.7 Å². The molecular weight excluding hydrogens is 433 g/mol. The normalized spacial score (nSPS) is 20.0. The second-order valence-corrected chi connectivity index (χ2v) is 7.45. The lowest BCUT2D eigenvalue weighted by atomic mass is 10.1. The van der Waals surface area contributed by atoms with E-state index in [4.69, 9.17) is 27.9 Å². The Morgan fingerprint density at radius 3 is 2.63 bits per heavy atom. The summed E-state index contributed by atoms with van der Waals surface area (Å²) in [6.07, 6.45) is 0. The van der Waals surface area contributed by atoms with Crippen molar-refractivity contribution in [2.45, 2.75) is 12.1 Å². The van der Waals surface area contributed by atoms with Crippen LogP contribution in [0.25, 0.3) is 0 Å². The fourth-order valence-corrected chi connectivity index (χ4v) is 3.69. The molecule has 2 heterocycles. The highest BCUT2D eigenvalue weighted by atomic mass is 35.5. The number of carbonyl (C=O) groups is 3. The summed E-state index contributed by atoms with van der Waals surface area (Å²) >= 11 is 11.9. The molecule has 2 atom stereocenters. The lowest BCUT2D eigenvalue weighted by Crippen LogP contribution is -2.43. The van der Waals surface area contributed by atoms with Crippen LogP contribution in [0.3, 0.4) is 0 Å². The van der Waals surface area contributed by atoms with Crippen LogP contribution in [-0.4, -0.2) is 48.5 Å². The second kappa shape index (κ2) is 7.92. The smallest absolute Gasteiger partial charge is 0.263 e. The monoisotopic (exact) mass is 447 g/mol. The predicted molar refractivity (Wildman–Crippen MR) is 110 cm³/mol. The average Bonchev–Trinajstić information content (AvgIpc) is 3.21. The van der Waals surface area contributed by atoms with Gasteiger partial charge in [0.25, 0.3) is 11.8 Å². The molecule has 0 aromatic heterocycles. The topological polar surface area (TPSA) is 104 Å². The van der Waals surface area contributed by atoms with Crippen LogP contribution in [0.2, 0.25) is 10.0 Å². The summed E-state index contributed by atoms with van der Waals surface area (Å²) in [6.45, 7) is -0.289. The van der Waals surface area contributed by atoms with Crippen molar-refractivity contribution in [3.8, 4) is 5.75 Å². The van der Waals surface area contributed by atoms with E-state index in [1.807, 2.05) is 0 Å². The molecule has 9 nitrogen and oxygen atoms in total. The number of halogens is 2. The van der Waals surface area contributed by atoms with Gasteiger partial charge in [0.15, 0.2) is 12.1 Å². The Morgan fingerprint density at radius 1 is 1.13 bits per heavy atom. The number of benzene rings is 2. The van der Waals surface area contributed by atoms with Gasteiger partial charge in [-0.1, -0.05) is 34.5 Å². The number of carbonyl (C=O) groups excluding carboxylic acids is 3. The first-order chi connectivity index (χ1) is 14.4. The van der Waals surface area contributed by atoms with Crippen LogP contribution in [0.5, 0.6) is 5.75 Å². The molecule has 3 amide bonds. The Kier molecular flexibility index (Phi) is 5.31. The molecule has 2 aromatic rings. The zero-order valence-corrected chi connectivity index (χ0v) is 17.1. The standard InChI is InChI=1S/C19H15Cl2N5O4/c1-30-14-6-5-11(21)8-13(14)22-15(27)9-25-17-16(23-24-25)18(28)26(19(17)29)12-4-2-3-10(20)7-12/h2-8,16-17H,9H2,1H3,(H,22,27). The van der Waals surface area contributed by atoms with Crippen molar-refractivity contribution in [1.29, 1.82) is 0 Å². The number of hydrogen-bond donors (Lipinski definition) is 1. The lowest BCUT2D eigenvalue weighted by Gasteiger charge is -2.20. The first-order valence-electron chi connectivity index (χ1n) is 8.83. The molecule has 11 heteroatoms. The molecule has 1 saturated heterocycles. The number of ether oxygens (including phenoxy) is 1. The van der Waals surface area contributed by atoms with Crippen LogP contribution in [0.1, 0.15) is 0 Å². The van der Waals surface area contributed by atoms with E-state index >= 15 is 0 Å². The predicted octanol–water partition coefficient (Wildman–Crippen LogP) is 2.93. The number of anilines is 2. The van der Waals surface area contributed by atoms with Crippen LogP contribution in [0.4, 0.5) is 11.4 Å². The molecule has 2 aliphatic heterocycles. The summed E-state index contributed by atoms with van der Waals surface area (Å²) in [5.41, 5.74) is 0.715. The third-order valence-electron chi connectivity index (χ3n) is 4.67. The van der Waals surface area contributed by atoms with Crippen molar-refractivity contribution in [3.63, 3.8) is 0 Å². The van der Waals surface area contributed by atoms with Crippen molar-refractivity contribution >= 4 is 52.3 Å². The molecule has 2 unspecified atom stereocenters. The van der Waals surface area contributed by atoms with Crippen LogP contribution in [-0.2, 0) is 14.4 Å². The summed E-state index contributed by atoms with van der Waals surface area (Å²) in [4.78, 5) is 39.2. The minimum absolute atomic E-state index is 0.289. The highest BCUT2D eigenvalue weighted by molar-refractivity contribution is 6.32. The van der Waals surface area contributed by atoms with Crippen LogP contribution < -0.4 is 15.0 Å². The molecule has 4 rings (SSSR count). The van der Waals surface area contributed by atoms with Crippen molar-refractivity contribution in [1.82, 2.24) is 5.01 Å². The van der Waals surface area contributed by atoms with Crippen molar-refractivity contribution in [3.05, 3.63) is 52.5 Å². The Balaban J connectivity index is 1.50. The highest BCUT2D eigenvalue weighted by Gasteiger charge is 2.55. The minimum atomic E-state index is -1.01. The van der Waals surface area contributed by atoms with Gasteiger partial charge < -0.3 is 10.1 Å². The number of methoxy groups -OCH3 is 1. The maximum absolute atomic E-state index is 12.9. The average molecular weight is 448 g/mol. The third kappa shape index (κ3) is 3.57. The maximum Gasteiger partial charge on any atom is 0.263 e. The number of nitrogens with zero attached hydrogens (tertiary/aromatic N) is 4. The van der Waals surface area contributed by atoms with Crippen LogP contribution >= 0.6 is 23.2 Å². The number of hydrogen-bond acceptors (Lipinski definition) is 7. The zero-order chi connectivity index (χ0) is 21.4. The van der Waals surface area contributed by atoms with E-state index in [0.717, 1.165) is 4.90 Å². The lowest BCUT2D eigenvalue weighted by molar-refractivity contribution is -0.123. The van der Waals surface area contributed by atoms with Gasteiger partial charge in [-0.3, -0.25) is 19.4 Å². The van der Waals surface area contributed by atoms with Gasteiger partial charge >= 0.3 is 0 Å². The Morgan fingerprint density at radius 2 is 1.90 bits per heavy atom. The van der Waals surface area contributed by atoms with E-state index in [-0.39, 0.29) is 6.54 Å². The number of imide groups is 1. The van der Waals surface area contributed by atoms with Gasteiger partial charge in [0.1, 0.15) is 12.3 Å². The highest BCUT2D eigenvalue weighted by Crippen LogP contribution is 2.33. The van der Waals surface area contributed by atoms with Gasteiger partial charge in [-0.25, -0.2) is 4.90 Å². The molecule has 1 fully saturated rings. The Labute approximate surface area is 181 Å². The number of amides is 3. The fourth-order valence-electron chi connectivity index (χ4n) is 3.34. The quantitative estimate of drug-likeness (QED) is 0.709. The van der Waals surface area contributed by atoms with E-state index in [1.165, 1.54) is 24.3 Å². The molecule has 0 saturated carbocycles. The molecule has 30 heavy (non-hydrogen) atoms. The maximum atomic E-state index is 12.9. The molecule has 154 valence electrons. The van der Waals surface area contributed by atoms with Gasteiger partial charge in [0.05, 0.1) is 18.5 Å². The molecule has 0 radical (unpaired) electrons. The summed E-state index contributed by atoms with van der Waals surface area (Å²) in [6, 6.07) is 9.16. The zero-order valence-electron chi connectivity index (χ0n) is 15.6. The Hall–Kier alpha value is -3.17. The molecule has 0 aliphatic carbocycles. The van der Waals surface area contributed by atoms with Gasteiger partial charge in [-0.05, 0) is 36.4 Å². The molecule has 2 aromatic carbocycles. The van der Waals surface area contributed by atoms with Crippen LogP contribution in [0.15, 0.2) is 52.8 Å². The molecule has 2 aliphatic rings. The minimum Gasteiger partial charge on any atom is -0.495 e. The van der Waals surface area contributed by atoms with Gasteiger partial charge in [0.2, 0.25) is 5.91 Å². The second-order valence-electron chi connectivity index (χ2n) is 6.58. The van der Waals surface area contributed by atoms with E-state index in [0.29, 0.717) is 27.2 Å². The fraction of sp³-hybridized carbons (Fsp3) is 0.211. The van der Waals surface area contributed by atoms with E-state index in [1.54, 1.807) is 30.3 Å². The summed E-state index contributed by atoms with van der Waals surface area (Å²) < 4.78 is 5.20. The van der Waals surface area contributed by atoms with E-state index < -0.39 is 29.8 Å². The number of fused-ring (bicyclic) bond motifs is 1. The van der Waals surface area contributed by atoms with Crippen LogP contribution in [0, 0.1) is 0 Å². The number of nitrogens with one attached hydrogen (secondary N) is 1. The van der Waals surface area contributed by atoms with Crippen molar-refractivity contribution < 1.29 is 19.1 Å². The molecule has 0 spiro atoms. The summed E-state index contributed by atoms with van der Waals surface area (Å²) in [7, 11) is 1.46. The number of rotatable bonds is 5. The third-order valence-corrected chi connectivity index (χ3v) is 5.14. The Bertz CT molecular complexity index is 1080. The molecule has 1 N–H and O–H groups in total. The van der Waals surface area contributed by atoms with Gasteiger partial charge in [0, 0.05) is 10.0 Å². The van der Waals surface area contributed by atoms with Gasteiger partial charge in [-0.2, -0.15) is 5.11 Å². The van der Waals surface area contributed by atoms with Crippen molar-refractivity contribution in [2.75, 3.05) is 23.9 Å². The first-order valence-corrected chi connectivity index (χ1v) is 9.59. The summed E-state index contributed by atoms with van der Waals surface area (Å²) in [5.74, 6) is -1.09. The summed E-state index contributed by atoms with van der Waals surface area (Å²) in [5, 5.41) is 12.4. The van der Waals surface area contributed by atoms with Gasteiger partial charge in [-0.15, -0.1) is 0 Å².